The molecule has 0 aliphatic rings. The largest absolute Gasteiger partial charge is 0.325 e. The van der Waals surface area contributed by atoms with E-state index in [0.29, 0.717) is 5.16 Å². The number of anilines is 1. The molecule has 1 amide bonds. The predicted molar refractivity (Wildman–Crippen MR) is 105 cm³/mol. The summed E-state index contributed by atoms with van der Waals surface area (Å²) in [6, 6.07) is 12.1. The highest BCUT2D eigenvalue weighted by atomic mass is 32.2. The number of nitro benzene ring substituents is 1. The lowest BCUT2D eigenvalue weighted by atomic mass is 10.1. The zero-order valence-corrected chi connectivity index (χ0v) is 15.7. The van der Waals surface area contributed by atoms with Gasteiger partial charge in [0.15, 0.2) is 5.16 Å². The Kier molecular flexibility index (Phi) is 5.56. The van der Waals surface area contributed by atoms with Crippen LogP contribution in [0.4, 0.5) is 11.4 Å². The first-order valence-corrected chi connectivity index (χ1v) is 9.20. The maximum absolute atomic E-state index is 12.3. The fourth-order valence-corrected chi connectivity index (χ4v) is 3.48. The number of nitrogens with one attached hydrogen (secondary N) is 1. The minimum atomic E-state index is -0.440. The fourth-order valence-electron chi connectivity index (χ4n) is 2.70. The SMILES string of the molecule is Cc1cc(C)cc(NC(=O)CSc2nccn2-c2ccc([N+](=O)[O-])cc2)c1. The number of hydrogen-bond donors (Lipinski definition) is 1. The summed E-state index contributed by atoms with van der Waals surface area (Å²) in [4.78, 5) is 26.9. The Hall–Kier alpha value is -3.13. The van der Waals surface area contributed by atoms with Crippen molar-refractivity contribution >= 4 is 29.0 Å². The number of rotatable bonds is 6. The third kappa shape index (κ3) is 4.73. The van der Waals surface area contributed by atoms with Crippen LogP contribution < -0.4 is 5.32 Å². The van der Waals surface area contributed by atoms with Crippen molar-refractivity contribution in [3.8, 4) is 5.69 Å². The summed E-state index contributed by atoms with van der Waals surface area (Å²) < 4.78 is 1.79. The Morgan fingerprint density at radius 3 is 2.48 bits per heavy atom. The van der Waals surface area contributed by atoms with E-state index in [1.807, 2.05) is 32.0 Å². The number of aromatic nitrogens is 2. The Morgan fingerprint density at radius 2 is 1.85 bits per heavy atom. The lowest BCUT2D eigenvalue weighted by Crippen LogP contribution is -2.14. The van der Waals surface area contributed by atoms with Gasteiger partial charge in [0.2, 0.25) is 5.91 Å². The molecule has 8 heteroatoms. The van der Waals surface area contributed by atoms with Crippen molar-refractivity contribution in [2.75, 3.05) is 11.1 Å². The van der Waals surface area contributed by atoms with Gasteiger partial charge in [0, 0.05) is 35.9 Å². The molecule has 0 bridgehead atoms. The molecule has 0 saturated carbocycles. The summed E-state index contributed by atoms with van der Waals surface area (Å²) in [5, 5.41) is 14.3. The molecule has 3 rings (SSSR count). The molecule has 0 atom stereocenters. The number of nitro groups is 1. The summed E-state index contributed by atoms with van der Waals surface area (Å²) in [7, 11) is 0. The van der Waals surface area contributed by atoms with Crippen LogP contribution in [0.5, 0.6) is 0 Å². The molecule has 1 N–H and O–H groups in total. The second kappa shape index (κ2) is 8.05. The third-order valence-corrected chi connectivity index (χ3v) is 4.75. The second-order valence-corrected chi connectivity index (χ2v) is 7.01. The summed E-state index contributed by atoms with van der Waals surface area (Å²) >= 11 is 1.30. The molecule has 27 heavy (non-hydrogen) atoms. The average molecular weight is 382 g/mol. The summed E-state index contributed by atoms with van der Waals surface area (Å²) in [6.45, 7) is 3.97. The van der Waals surface area contributed by atoms with Gasteiger partial charge in [0.05, 0.1) is 10.7 Å². The van der Waals surface area contributed by atoms with Crippen LogP contribution in [0, 0.1) is 24.0 Å². The van der Waals surface area contributed by atoms with Crippen molar-refractivity contribution in [3.05, 3.63) is 76.1 Å². The Bertz CT molecular complexity index is 963. The van der Waals surface area contributed by atoms with E-state index in [1.165, 1.54) is 23.9 Å². The van der Waals surface area contributed by atoms with Crippen LogP contribution in [0.2, 0.25) is 0 Å². The number of aryl methyl sites for hydroxylation is 2. The number of carbonyl (C=O) groups excluding carboxylic acids is 1. The van der Waals surface area contributed by atoms with Crippen molar-refractivity contribution in [2.24, 2.45) is 0 Å². The lowest BCUT2D eigenvalue weighted by Gasteiger charge is -2.09. The van der Waals surface area contributed by atoms with Crippen LogP contribution in [0.15, 0.2) is 60.0 Å². The topological polar surface area (TPSA) is 90.1 Å². The van der Waals surface area contributed by atoms with Crippen LogP contribution in [0.3, 0.4) is 0 Å². The third-order valence-electron chi connectivity index (χ3n) is 3.78. The van der Waals surface area contributed by atoms with Gasteiger partial charge in [-0.2, -0.15) is 0 Å². The van der Waals surface area contributed by atoms with Crippen molar-refractivity contribution in [2.45, 2.75) is 19.0 Å². The highest BCUT2D eigenvalue weighted by Crippen LogP contribution is 2.23. The highest BCUT2D eigenvalue weighted by Gasteiger charge is 2.11. The van der Waals surface area contributed by atoms with E-state index in [-0.39, 0.29) is 17.3 Å². The van der Waals surface area contributed by atoms with Gasteiger partial charge in [-0.3, -0.25) is 19.5 Å². The van der Waals surface area contributed by atoms with Gasteiger partial charge in [-0.25, -0.2) is 4.98 Å². The fraction of sp³-hybridized carbons (Fsp3) is 0.158. The van der Waals surface area contributed by atoms with Crippen molar-refractivity contribution < 1.29 is 9.72 Å². The molecule has 0 aliphatic carbocycles. The van der Waals surface area contributed by atoms with E-state index >= 15 is 0 Å². The minimum Gasteiger partial charge on any atom is -0.325 e. The molecule has 0 radical (unpaired) electrons. The zero-order valence-electron chi connectivity index (χ0n) is 14.9. The number of benzene rings is 2. The summed E-state index contributed by atoms with van der Waals surface area (Å²) in [5.41, 5.74) is 3.73. The van der Waals surface area contributed by atoms with Gasteiger partial charge >= 0.3 is 0 Å². The number of thioether (sulfide) groups is 1. The average Bonchev–Trinajstić information content (AvgIpc) is 3.07. The quantitative estimate of drug-likeness (QED) is 0.393. The molecule has 7 nitrogen and oxygen atoms in total. The molecule has 3 aromatic rings. The van der Waals surface area contributed by atoms with Gasteiger partial charge in [-0.05, 0) is 49.2 Å². The molecule has 1 heterocycles. The van der Waals surface area contributed by atoms with E-state index in [0.717, 1.165) is 22.5 Å². The molecule has 0 saturated heterocycles. The van der Waals surface area contributed by atoms with Crippen LogP contribution in [-0.2, 0) is 4.79 Å². The standard InChI is InChI=1S/C19H18N4O3S/c1-13-9-14(2)11-15(10-13)21-18(24)12-27-19-20-7-8-22(19)16-3-5-17(6-4-16)23(25)26/h3-11H,12H2,1-2H3,(H,21,24). The Morgan fingerprint density at radius 1 is 1.19 bits per heavy atom. The predicted octanol–water partition coefficient (Wildman–Crippen LogP) is 4.13. The van der Waals surface area contributed by atoms with E-state index in [1.54, 1.807) is 29.1 Å². The lowest BCUT2D eigenvalue weighted by molar-refractivity contribution is -0.384. The van der Waals surface area contributed by atoms with Gasteiger partial charge in [-0.15, -0.1) is 0 Å². The van der Waals surface area contributed by atoms with E-state index in [4.69, 9.17) is 0 Å². The molecular formula is C19H18N4O3S. The number of non-ortho nitro benzene ring substituents is 1. The van der Waals surface area contributed by atoms with Gasteiger partial charge < -0.3 is 5.32 Å². The summed E-state index contributed by atoms with van der Waals surface area (Å²) in [5.74, 6) is 0.0834. The maximum atomic E-state index is 12.3. The van der Waals surface area contributed by atoms with E-state index in [2.05, 4.69) is 10.3 Å². The molecular weight excluding hydrogens is 364 g/mol. The monoisotopic (exact) mass is 382 g/mol. The first-order valence-electron chi connectivity index (χ1n) is 8.21. The van der Waals surface area contributed by atoms with Gasteiger partial charge in [0.1, 0.15) is 0 Å². The first-order chi connectivity index (χ1) is 12.9. The van der Waals surface area contributed by atoms with Crippen molar-refractivity contribution in [1.29, 1.82) is 0 Å². The molecule has 0 spiro atoms. The van der Waals surface area contributed by atoms with E-state index in [9.17, 15) is 14.9 Å². The van der Waals surface area contributed by atoms with E-state index < -0.39 is 4.92 Å². The van der Waals surface area contributed by atoms with Gasteiger partial charge in [0.25, 0.3) is 5.69 Å². The minimum absolute atomic E-state index is 0.0286. The molecule has 0 fully saturated rings. The second-order valence-electron chi connectivity index (χ2n) is 6.07. The molecule has 1 aromatic heterocycles. The number of amides is 1. The van der Waals surface area contributed by atoms with Crippen LogP contribution in [0.25, 0.3) is 5.69 Å². The molecule has 2 aromatic carbocycles. The molecule has 138 valence electrons. The Labute approximate surface area is 160 Å². The molecule has 0 aliphatic heterocycles. The normalized spacial score (nSPS) is 10.6. The van der Waals surface area contributed by atoms with Crippen molar-refractivity contribution in [3.63, 3.8) is 0 Å². The number of hydrogen-bond acceptors (Lipinski definition) is 5. The zero-order chi connectivity index (χ0) is 19.4. The Balaban J connectivity index is 1.66. The summed E-state index contributed by atoms with van der Waals surface area (Å²) in [6.07, 6.45) is 3.39. The first kappa shape index (κ1) is 18.7. The smallest absolute Gasteiger partial charge is 0.269 e. The number of carbonyl (C=O) groups is 1. The molecule has 0 unspecified atom stereocenters. The van der Waals surface area contributed by atoms with Crippen LogP contribution >= 0.6 is 11.8 Å². The van der Waals surface area contributed by atoms with Gasteiger partial charge in [-0.1, -0.05) is 17.8 Å². The van der Waals surface area contributed by atoms with Crippen molar-refractivity contribution in [1.82, 2.24) is 9.55 Å². The number of imidazole rings is 1. The van der Waals surface area contributed by atoms with Crippen LogP contribution in [-0.4, -0.2) is 26.1 Å². The van der Waals surface area contributed by atoms with Crippen LogP contribution in [0.1, 0.15) is 11.1 Å². The maximum Gasteiger partial charge on any atom is 0.269 e. The number of nitrogens with zero attached hydrogens (tertiary/aromatic N) is 3. The highest BCUT2D eigenvalue weighted by molar-refractivity contribution is 7.99.